The van der Waals surface area contributed by atoms with Crippen molar-refractivity contribution in [3.8, 4) is 5.75 Å². The van der Waals surface area contributed by atoms with Crippen molar-refractivity contribution in [3.05, 3.63) is 47.5 Å². The summed E-state index contributed by atoms with van der Waals surface area (Å²) < 4.78 is 19.9. The Morgan fingerprint density at radius 1 is 1.47 bits per heavy atom. The van der Waals surface area contributed by atoms with E-state index in [1.807, 2.05) is 6.92 Å². The van der Waals surface area contributed by atoms with Crippen LogP contribution in [0.5, 0.6) is 5.75 Å². The largest absolute Gasteiger partial charge is 0.487 e. The minimum atomic E-state index is -1.08. The summed E-state index contributed by atoms with van der Waals surface area (Å²) >= 11 is 0. The summed E-state index contributed by atoms with van der Waals surface area (Å²) in [6, 6.07) is 7.22. The van der Waals surface area contributed by atoms with Crippen LogP contribution >= 0.6 is 0 Å². The van der Waals surface area contributed by atoms with Gasteiger partial charge in [0.1, 0.15) is 18.2 Å². The van der Waals surface area contributed by atoms with E-state index in [4.69, 9.17) is 9.84 Å². The summed E-state index contributed by atoms with van der Waals surface area (Å²) in [5.74, 6) is -1.08. The third-order valence-corrected chi connectivity index (χ3v) is 2.56. The SMILES string of the molecule is CCn1nc(C(=O)O)cc1COc1cccc(F)c1. The second kappa shape index (κ2) is 5.51. The molecule has 0 spiro atoms. The van der Waals surface area contributed by atoms with Crippen molar-refractivity contribution in [1.29, 1.82) is 0 Å². The molecule has 6 heteroatoms. The smallest absolute Gasteiger partial charge is 0.356 e. The van der Waals surface area contributed by atoms with Crippen LogP contribution in [0.1, 0.15) is 23.1 Å². The van der Waals surface area contributed by atoms with Crippen LogP contribution in [0.15, 0.2) is 30.3 Å². The molecule has 1 N–H and O–H groups in total. The maximum atomic E-state index is 13.0. The topological polar surface area (TPSA) is 64.4 Å². The van der Waals surface area contributed by atoms with E-state index < -0.39 is 5.97 Å². The van der Waals surface area contributed by atoms with Crippen LogP contribution in [0, 0.1) is 5.82 Å². The number of nitrogens with zero attached hydrogens (tertiary/aromatic N) is 2. The van der Waals surface area contributed by atoms with Crippen molar-refractivity contribution in [2.24, 2.45) is 0 Å². The Balaban J connectivity index is 2.12. The molecule has 1 aromatic heterocycles. The molecule has 0 amide bonds. The summed E-state index contributed by atoms with van der Waals surface area (Å²) in [6.07, 6.45) is 0. The number of hydrogen-bond acceptors (Lipinski definition) is 3. The average Bonchev–Trinajstić information content (AvgIpc) is 2.80. The fourth-order valence-electron chi connectivity index (χ4n) is 1.66. The molecule has 2 rings (SSSR count). The fourth-order valence-corrected chi connectivity index (χ4v) is 1.66. The van der Waals surface area contributed by atoms with Crippen LogP contribution in [0.2, 0.25) is 0 Å². The van der Waals surface area contributed by atoms with Crippen molar-refractivity contribution in [1.82, 2.24) is 9.78 Å². The molecule has 5 nitrogen and oxygen atoms in total. The Bertz CT molecular complexity index is 595. The third-order valence-electron chi connectivity index (χ3n) is 2.56. The van der Waals surface area contributed by atoms with E-state index in [1.165, 1.54) is 18.2 Å². The lowest BCUT2D eigenvalue weighted by molar-refractivity contribution is 0.0689. The highest BCUT2D eigenvalue weighted by atomic mass is 19.1. The van der Waals surface area contributed by atoms with Crippen LogP contribution in [-0.2, 0) is 13.2 Å². The van der Waals surface area contributed by atoms with Crippen LogP contribution in [0.25, 0.3) is 0 Å². The molecule has 100 valence electrons. The van der Waals surface area contributed by atoms with E-state index in [0.29, 0.717) is 18.0 Å². The molecule has 2 aromatic rings. The third kappa shape index (κ3) is 3.09. The van der Waals surface area contributed by atoms with E-state index >= 15 is 0 Å². The van der Waals surface area contributed by atoms with E-state index in [-0.39, 0.29) is 18.1 Å². The highest BCUT2D eigenvalue weighted by Crippen LogP contribution is 2.15. The fraction of sp³-hybridized carbons (Fsp3) is 0.231. The van der Waals surface area contributed by atoms with Gasteiger partial charge in [-0.15, -0.1) is 0 Å². The molecule has 0 bridgehead atoms. The Labute approximate surface area is 109 Å². The molecule has 0 aliphatic carbocycles. The molecule has 0 aliphatic rings. The highest BCUT2D eigenvalue weighted by molar-refractivity contribution is 5.85. The minimum absolute atomic E-state index is 0.0281. The monoisotopic (exact) mass is 264 g/mol. The van der Waals surface area contributed by atoms with E-state index in [9.17, 15) is 9.18 Å². The molecule has 1 aromatic carbocycles. The van der Waals surface area contributed by atoms with Gasteiger partial charge in [0, 0.05) is 12.6 Å². The molecule has 0 fully saturated rings. The molecular formula is C13H13FN2O3. The molecule has 0 unspecified atom stereocenters. The number of aromatic nitrogens is 2. The van der Waals surface area contributed by atoms with Crippen molar-refractivity contribution < 1.29 is 19.0 Å². The molecular weight excluding hydrogens is 251 g/mol. The standard InChI is InChI=1S/C13H13FN2O3/c1-2-16-10(7-12(15-16)13(17)18)8-19-11-5-3-4-9(14)6-11/h3-7H,2,8H2,1H3,(H,17,18). The van der Waals surface area contributed by atoms with Gasteiger partial charge >= 0.3 is 5.97 Å². The Morgan fingerprint density at radius 3 is 2.89 bits per heavy atom. The average molecular weight is 264 g/mol. The number of halogens is 1. The number of benzene rings is 1. The number of rotatable bonds is 5. The first-order chi connectivity index (χ1) is 9.10. The van der Waals surface area contributed by atoms with Gasteiger partial charge in [-0.2, -0.15) is 5.10 Å². The molecule has 0 aliphatic heterocycles. The zero-order valence-electron chi connectivity index (χ0n) is 10.3. The number of aryl methyl sites for hydroxylation is 1. The quantitative estimate of drug-likeness (QED) is 0.900. The lowest BCUT2D eigenvalue weighted by Crippen LogP contribution is -2.06. The van der Waals surface area contributed by atoms with E-state index in [1.54, 1.807) is 16.8 Å². The zero-order valence-corrected chi connectivity index (χ0v) is 10.3. The first-order valence-electron chi connectivity index (χ1n) is 5.78. The first-order valence-corrected chi connectivity index (χ1v) is 5.78. The maximum Gasteiger partial charge on any atom is 0.356 e. The number of ether oxygens (including phenoxy) is 1. The highest BCUT2D eigenvalue weighted by Gasteiger charge is 2.12. The van der Waals surface area contributed by atoms with Gasteiger partial charge in [0.05, 0.1) is 5.69 Å². The van der Waals surface area contributed by atoms with Crippen molar-refractivity contribution in [3.63, 3.8) is 0 Å². The molecule has 0 radical (unpaired) electrons. The van der Waals surface area contributed by atoms with Gasteiger partial charge < -0.3 is 9.84 Å². The van der Waals surface area contributed by atoms with Gasteiger partial charge in [-0.25, -0.2) is 9.18 Å². The zero-order chi connectivity index (χ0) is 13.8. The van der Waals surface area contributed by atoms with Gasteiger partial charge in [0.25, 0.3) is 0 Å². The summed E-state index contributed by atoms with van der Waals surface area (Å²) in [5, 5.41) is 12.8. The predicted octanol–water partition coefficient (Wildman–Crippen LogP) is 2.32. The summed E-state index contributed by atoms with van der Waals surface area (Å²) in [5.41, 5.74) is 0.601. The minimum Gasteiger partial charge on any atom is -0.487 e. The first kappa shape index (κ1) is 13.1. The molecule has 19 heavy (non-hydrogen) atoms. The lowest BCUT2D eigenvalue weighted by Gasteiger charge is -2.07. The second-order valence-electron chi connectivity index (χ2n) is 3.89. The number of carboxylic acid groups (broad SMARTS) is 1. The van der Waals surface area contributed by atoms with Crippen LogP contribution < -0.4 is 4.74 Å². The predicted molar refractivity (Wildman–Crippen MR) is 65.6 cm³/mol. The van der Waals surface area contributed by atoms with Crippen LogP contribution in [-0.4, -0.2) is 20.9 Å². The Morgan fingerprint density at radius 2 is 2.26 bits per heavy atom. The number of aromatic carboxylic acids is 1. The van der Waals surface area contributed by atoms with Crippen molar-refractivity contribution in [2.75, 3.05) is 0 Å². The van der Waals surface area contributed by atoms with Crippen molar-refractivity contribution in [2.45, 2.75) is 20.1 Å². The molecule has 0 saturated carbocycles. The lowest BCUT2D eigenvalue weighted by atomic mass is 10.3. The summed E-state index contributed by atoms with van der Waals surface area (Å²) in [6.45, 7) is 2.52. The van der Waals surface area contributed by atoms with Gasteiger partial charge in [-0.05, 0) is 25.1 Å². The van der Waals surface area contributed by atoms with Crippen LogP contribution in [0.4, 0.5) is 4.39 Å². The van der Waals surface area contributed by atoms with Crippen molar-refractivity contribution >= 4 is 5.97 Å². The van der Waals surface area contributed by atoms with Gasteiger partial charge in [0.15, 0.2) is 5.69 Å². The normalized spacial score (nSPS) is 10.4. The van der Waals surface area contributed by atoms with Gasteiger partial charge in [-0.1, -0.05) is 6.07 Å². The molecule has 0 saturated heterocycles. The number of carbonyl (C=O) groups is 1. The summed E-state index contributed by atoms with van der Waals surface area (Å²) in [7, 11) is 0. The Kier molecular flexibility index (Phi) is 3.79. The second-order valence-corrected chi connectivity index (χ2v) is 3.89. The molecule has 0 atom stereocenters. The molecule has 1 heterocycles. The number of hydrogen-bond donors (Lipinski definition) is 1. The maximum absolute atomic E-state index is 13.0. The van der Waals surface area contributed by atoms with E-state index in [2.05, 4.69) is 5.10 Å². The van der Waals surface area contributed by atoms with Gasteiger partial charge in [-0.3, -0.25) is 4.68 Å². The van der Waals surface area contributed by atoms with Crippen LogP contribution in [0.3, 0.4) is 0 Å². The number of carboxylic acids is 1. The summed E-state index contributed by atoms with van der Waals surface area (Å²) in [4.78, 5) is 10.8. The van der Waals surface area contributed by atoms with E-state index in [0.717, 1.165) is 0 Å². The Hall–Kier alpha value is -2.37. The van der Waals surface area contributed by atoms with Gasteiger partial charge in [0.2, 0.25) is 0 Å².